The maximum Gasteiger partial charge on any atom is 0.0591 e. The van der Waals surface area contributed by atoms with Gasteiger partial charge in [0.25, 0.3) is 0 Å². The zero-order chi connectivity index (χ0) is 40.4. The normalized spacial score (nSPS) is 21.0. The van der Waals surface area contributed by atoms with Gasteiger partial charge in [-0.1, -0.05) is 18.2 Å². The predicted molar refractivity (Wildman–Crippen MR) is 290 cm³/mol. The molecule has 0 unspecified atom stereocenters. The van der Waals surface area contributed by atoms with Crippen LogP contribution in [0.2, 0.25) is 0 Å². The van der Waals surface area contributed by atoms with E-state index < -0.39 is 0 Å². The highest BCUT2D eigenvalue weighted by molar-refractivity contribution is 6.82. The molecular weight excluding hydrogens is 817 g/mol. The fraction of sp³-hybridized carbons (Fsp3) is 0.0588. The topological polar surface area (TPSA) is 0 Å². The van der Waals surface area contributed by atoms with Gasteiger partial charge in [-0.15, -0.1) is 0 Å². The van der Waals surface area contributed by atoms with E-state index in [1.165, 1.54) is 11.1 Å². The fourth-order valence-electron chi connectivity index (χ4n) is 25.0. The molecule has 29 aromatic carbocycles. The molecule has 0 saturated heterocycles. The van der Waals surface area contributed by atoms with E-state index >= 15 is 0 Å². The first kappa shape index (κ1) is 25.0. The van der Waals surface area contributed by atoms with E-state index in [4.69, 9.17) is 0 Å². The van der Waals surface area contributed by atoms with Crippen molar-refractivity contribution in [2.45, 2.75) is 25.2 Å². The van der Waals surface area contributed by atoms with E-state index in [9.17, 15) is 0 Å². The molecule has 0 heteroatoms. The molecule has 29 aromatic rings. The lowest BCUT2D eigenvalue weighted by atomic mass is 9.53. The summed E-state index contributed by atoms with van der Waals surface area (Å²) in [5, 5.41) is 90.3. The Bertz CT molecular complexity index is 7070. The molecule has 4 aliphatic rings. The zero-order valence-corrected chi connectivity index (χ0v) is 35.3. The van der Waals surface area contributed by atoms with Crippen LogP contribution in [0.15, 0.2) is 18.2 Å². The summed E-state index contributed by atoms with van der Waals surface area (Å²) < 4.78 is 0. The number of hydrogen-bond donors (Lipinski definition) is 0. The van der Waals surface area contributed by atoms with Crippen LogP contribution in [-0.2, 0) is 5.41 Å². The summed E-state index contributed by atoms with van der Waals surface area (Å²) in [6.07, 6.45) is 0. The number of aryl methyl sites for hydroxylation is 2. The van der Waals surface area contributed by atoms with Crippen LogP contribution < -0.4 is 0 Å². The summed E-state index contributed by atoms with van der Waals surface area (Å²) in [4.78, 5) is 0. The largest absolute Gasteiger partial charge is 0.0617 e. The van der Waals surface area contributed by atoms with Gasteiger partial charge in [-0.3, -0.25) is 0 Å². The highest BCUT2D eigenvalue weighted by atomic mass is 14.6. The Kier molecular flexibility index (Phi) is 2.06. The van der Waals surface area contributed by atoms with Gasteiger partial charge >= 0.3 is 0 Å². The zero-order valence-electron chi connectivity index (χ0n) is 35.3. The molecule has 0 heterocycles. The molecule has 0 aromatic heterocycles. The smallest absolute Gasteiger partial charge is 0.0591 e. The quantitative estimate of drug-likeness (QED) is 0.145. The first-order chi connectivity index (χ1) is 33.8. The average Bonchev–Trinajstić information content (AvgIpc) is 4.27. The molecule has 4 aliphatic carbocycles. The van der Waals surface area contributed by atoms with E-state index in [0.29, 0.717) is 0 Å². The van der Waals surface area contributed by atoms with E-state index in [1.807, 2.05) is 0 Å². The first-order valence-corrected chi connectivity index (χ1v) is 25.6. The molecule has 0 spiro atoms. The summed E-state index contributed by atoms with van der Waals surface area (Å²) in [7, 11) is 0. The molecule has 0 saturated carbocycles. The van der Waals surface area contributed by atoms with Crippen molar-refractivity contribution in [2.75, 3.05) is 0 Å². The van der Waals surface area contributed by atoms with Gasteiger partial charge in [0.2, 0.25) is 0 Å². The lowest BCUT2D eigenvalue weighted by molar-refractivity contribution is 0.561. The molecule has 0 nitrogen and oxygen atoms in total. The Balaban J connectivity index is 1.24. The van der Waals surface area contributed by atoms with Crippen LogP contribution in [0.25, 0.3) is 291 Å². The van der Waals surface area contributed by atoms with Gasteiger partial charge in [-0.05, 0) is 344 Å². The minimum absolute atomic E-state index is 0.243. The molecular formula is C68H10. The minimum Gasteiger partial charge on any atom is -0.0617 e. The molecule has 0 bridgehead atoms. The molecule has 33 rings (SSSR count). The first-order valence-electron chi connectivity index (χ1n) is 25.6. The molecule has 0 amide bonds. The number of hydrogen-bond acceptors (Lipinski definition) is 0. The minimum atomic E-state index is -0.319. The molecule has 0 atom stereocenters. The SMILES string of the molecule is Cc1cccc(C)c1C12c3c4c5c6c7c8c(c9c%10c1c1c3c3c%11c4c4c5c5c7c7c%12c8c8c9c9c%10c%10c1c1c3c3c%11c%11c4c4c5c7c5c7c%12c8c8c9c9c%10c1c1c3c3c%11c4c5c4c7c8c9c1c34)C62. The van der Waals surface area contributed by atoms with Crippen LogP contribution in [0.3, 0.4) is 0 Å². The Morgan fingerprint density at radius 2 is 0.368 bits per heavy atom. The molecule has 0 radical (unpaired) electrons. The maximum atomic E-state index is 2.51. The van der Waals surface area contributed by atoms with Crippen molar-refractivity contribution in [3.63, 3.8) is 0 Å². The predicted octanol–water partition coefficient (Wildman–Crippen LogP) is 18.8. The van der Waals surface area contributed by atoms with Crippen molar-refractivity contribution in [2.24, 2.45) is 0 Å². The lowest BCUT2D eigenvalue weighted by Crippen LogP contribution is -2.39. The van der Waals surface area contributed by atoms with E-state index in [-0.39, 0.29) is 11.3 Å². The Morgan fingerprint density at radius 3 is 0.588 bits per heavy atom. The van der Waals surface area contributed by atoms with Gasteiger partial charge in [0.1, 0.15) is 0 Å². The monoisotopic (exact) mass is 826 g/mol. The summed E-state index contributed by atoms with van der Waals surface area (Å²) in [6, 6.07) is 7.39. The van der Waals surface area contributed by atoms with Gasteiger partial charge in [0, 0.05) is 5.92 Å². The highest BCUT2D eigenvalue weighted by Gasteiger charge is 2.64. The second-order valence-electron chi connectivity index (χ2n) is 25.3. The second kappa shape index (κ2) is 5.60. The van der Waals surface area contributed by atoms with Crippen molar-refractivity contribution in [1.29, 1.82) is 0 Å². The lowest BCUT2D eigenvalue weighted by Gasteiger charge is -2.47. The van der Waals surface area contributed by atoms with Crippen molar-refractivity contribution < 1.29 is 0 Å². The summed E-state index contributed by atoms with van der Waals surface area (Å²) in [5.41, 5.74) is 11.3. The average molecular weight is 827 g/mol. The third-order valence-electron chi connectivity index (χ3n) is 25.0. The molecule has 282 valence electrons. The van der Waals surface area contributed by atoms with E-state index in [1.54, 1.807) is 319 Å². The maximum absolute atomic E-state index is 2.51. The van der Waals surface area contributed by atoms with E-state index in [2.05, 4.69) is 32.0 Å². The van der Waals surface area contributed by atoms with Crippen molar-refractivity contribution in [3.8, 4) is 0 Å². The summed E-state index contributed by atoms with van der Waals surface area (Å²) in [5.74, 6) is 0.243. The van der Waals surface area contributed by atoms with Gasteiger partial charge in [0.15, 0.2) is 0 Å². The molecule has 0 aliphatic heterocycles. The van der Waals surface area contributed by atoms with Crippen LogP contribution in [0.4, 0.5) is 0 Å². The van der Waals surface area contributed by atoms with Crippen molar-refractivity contribution in [3.05, 3.63) is 57.1 Å². The van der Waals surface area contributed by atoms with Gasteiger partial charge in [0.05, 0.1) is 5.41 Å². The highest BCUT2D eigenvalue weighted by Crippen LogP contribution is 2.84. The Labute approximate surface area is 371 Å². The Morgan fingerprint density at radius 1 is 0.206 bits per heavy atom. The molecule has 0 N–H and O–H groups in total. The van der Waals surface area contributed by atoms with Crippen molar-refractivity contribution in [1.82, 2.24) is 0 Å². The molecule has 0 fully saturated rings. The number of rotatable bonds is 1. The van der Waals surface area contributed by atoms with Crippen molar-refractivity contribution >= 4 is 291 Å². The van der Waals surface area contributed by atoms with Gasteiger partial charge in [-0.2, -0.15) is 0 Å². The third kappa shape index (κ3) is 1.30. The Hall–Kier alpha value is -8.32. The van der Waals surface area contributed by atoms with Crippen LogP contribution in [0.1, 0.15) is 44.9 Å². The summed E-state index contributed by atoms with van der Waals surface area (Å²) >= 11 is 0. The van der Waals surface area contributed by atoms with Crippen LogP contribution in [0.5, 0.6) is 0 Å². The standard InChI is InChI=1S/C68H10/c1-6-4-3-5-7(2)64(6)68-65-60-54-40-32-24-12-9-8-10-13(12)25-27-23-17(10)19-15-11(8)14-18-16(9)22-26(24)38(40)46-44-30(22)28(18)36-34-20(14)21(15)35-37-29(19)31(23)45-47-39(27)41(33(25)32)55(54)61(65)57(47)59-51(45)49(37)53-43(35)42(34)52-48(36)50(44)58(56(46)60)66(68)62(52)63(53)67(59)68/h3-5,65H,1-2H3. The van der Waals surface area contributed by atoms with Crippen LogP contribution >= 0.6 is 0 Å². The van der Waals surface area contributed by atoms with Crippen LogP contribution in [-0.4, -0.2) is 0 Å². The third-order valence-corrected chi connectivity index (χ3v) is 25.0. The number of benzene rings is 19. The van der Waals surface area contributed by atoms with Gasteiger partial charge < -0.3 is 0 Å². The summed E-state index contributed by atoms with van der Waals surface area (Å²) in [6.45, 7) is 5.02. The fourth-order valence-corrected chi connectivity index (χ4v) is 25.0. The van der Waals surface area contributed by atoms with Crippen LogP contribution in [0, 0.1) is 13.8 Å². The van der Waals surface area contributed by atoms with Gasteiger partial charge in [-0.25, -0.2) is 0 Å². The second-order valence-corrected chi connectivity index (χ2v) is 25.3. The molecule has 68 heavy (non-hydrogen) atoms. The van der Waals surface area contributed by atoms with E-state index in [0.717, 1.165) is 0 Å².